The molecule has 1 aromatic rings. The molecule has 0 aromatic heterocycles. The zero-order valence-electron chi connectivity index (χ0n) is 14.5. The van der Waals surface area contributed by atoms with Crippen LogP contribution in [0.1, 0.15) is 25.7 Å². The third-order valence-corrected chi connectivity index (χ3v) is 9.30. The third-order valence-electron chi connectivity index (χ3n) is 4.87. The number of benzene rings is 1. The van der Waals surface area contributed by atoms with Crippen LogP contribution in [0, 0.1) is 0 Å². The van der Waals surface area contributed by atoms with E-state index >= 15 is 0 Å². The fourth-order valence-electron chi connectivity index (χ4n) is 3.37. The van der Waals surface area contributed by atoms with Crippen molar-refractivity contribution in [3.63, 3.8) is 0 Å². The fraction of sp³-hybridized carbons (Fsp3) is 0.625. The molecule has 2 saturated heterocycles. The zero-order chi connectivity index (χ0) is 18.8. The molecule has 0 N–H and O–H groups in total. The van der Waals surface area contributed by atoms with E-state index < -0.39 is 20.2 Å². The van der Waals surface area contributed by atoms with Crippen molar-refractivity contribution in [2.75, 3.05) is 39.3 Å². The van der Waals surface area contributed by atoms with Crippen molar-refractivity contribution in [2.24, 2.45) is 0 Å². The normalized spacial score (nSPS) is 22.2. The molecule has 1 aromatic carbocycles. The number of halogens is 1. The molecule has 0 unspecified atom stereocenters. The maximum Gasteiger partial charge on any atom is 0.282 e. The summed E-state index contributed by atoms with van der Waals surface area (Å²) < 4.78 is 55.5. The lowest BCUT2D eigenvalue weighted by Gasteiger charge is -2.36. The second-order valence-corrected chi connectivity index (χ2v) is 10.8. The Morgan fingerprint density at radius 2 is 1.19 bits per heavy atom. The standard InChI is InChI=1S/C16H24ClN3O4S2/c17-15-7-3-4-8-16(15)25(21,22)18-11-13-20(14-12-18)26(23,24)19-9-5-1-2-6-10-19/h3-4,7-8H,1-2,5-6,9-14H2. The van der Waals surface area contributed by atoms with E-state index in [1.165, 1.54) is 25.0 Å². The van der Waals surface area contributed by atoms with Crippen molar-refractivity contribution in [2.45, 2.75) is 30.6 Å². The van der Waals surface area contributed by atoms with Gasteiger partial charge in [-0.05, 0) is 25.0 Å². The molecule has 2 aliphatic rings. The number of sulfonamides is 1. The van der Waals surface area contributed by atoms with Gasteiger partial charge in [0.25, 0.3) is 10.2 Å². The summed E-state index contributed by atoms with van der Waals surface area (Å²) in [5.74, 6) is 0. The van der Waals surface area contributed by atoms with Gasteiger partial charge in [-0.3, -0.25) is 0 Å². The summed E-state index contributed by atoms with van der Waals surface area (Å²) in [4.78, 5) is 0.0606. The van der Waals surface area contributed by atoms with Gasteiger partial charge >= 0.3 is 0 Å². The molecule has 2 aliphatic heterocycles. The number of nitrogens with zero attached hydrogens (tertiary/aromatic N) is 3. The van der Waals surface area contributed by atoms with Crippen molar-refractivity contribution in [3.8, 4) is 0 Å². The van der Waals surface area contributed by atoms with E-state index in [-0.39, 0.29) is 36.1 Å². The smallest absolute Gasteiger partial charge is 0.207 e. The van der Waals surface area contributed by atoms with Crippen LogP contribution in [0.3, 0.4) is 0 Å². The van der Waals surface area contributed by atoms with Crippen LogP contribution in [0.5, 0.6) is 0 Å². The Hall–Kier alpha value is -0.710. The van der Waals surface area contributed by atoms with E-state index in [0.29, 0.717) is 13.1 Å². The molecule has 0 atom stereocenters. The van der Waals surface area contributed by atoms with Crippen LogP contribution in [0.25, 0.3) is 0 Å². The Labute approximate surface area is 160 Å². The van der Waals surface area contributed by atoms with Gasteiger partial charge in [-0.1, -0.05) is 36.6 Å². The molecule has 2 fully saturated rings. The molecule has 3 rings (SSSR count). The largest absolute Gasteiger partial charge is 0.282 e. The molecule has 0 saturated carbocycles. The molecule has 7 nitrogen and oxygen atoms in total. The molecule has 0 radical (unpaired) electrons. The molecule has 10 heteroatoms. The second-order valence-electron chi connectivity index (χ2n) is 6.55. The van der Waals surface area contributed by atoms with Crippen LogP contribution in [-0.2, 0) is 20.2 Å². The van der Waals surface area contributed by atoms with E-state index in [1.54, 1.807) is 12.1 Å². The first kappa shape index (κ1) is 20.0. The Morgan fingerprint density at radius 3 is 1.77 bits per heavy atom. The Balaban J connectivity index is 1.70. The van der Waals surface area contributed by atoms with E-state index in [2.05, 4.69) is 0 Å². The summed E-state index contributed by atoms with van der Waals surface area (Å²) in [5.41, 5.74) is 0. The predicted octanol–water partition coefficient (Wildman–Crippen LogP) is 1.77. The lowest BCUT2D eigenvalue weighted by Crippen LogP contribution is -2.54. The van der Waals surface area contributed by atoms with E-state index in [0.717, 1.165) is 25.7 Å². The first-order valence-electron chi connectivity index (χ1n) is 8.83. The average molecular weight is 422 g/mol. The van der Waals surface area contributed by atoms with Crippen LogP contribution in [0.15, 0.2) is 29.2 Å². The fourth-order valence-corrected chi connectivity index (χ4v) is 6.96. The topological polar surface area (TPSA) is 78.0 Å². The van der Waals surface area contributed by atoms with Gasteiger partial charge < -0.3 is 0 Å². The van der Waals surface area contributed by atoms with Gasteiger partial charge in [0.2, 0.25) is 10.0 Å². The summed E-state index contributed by atoms with van der Waals surface area (Å²) in [6.45, 7) is 1.65. The van der Waals surface area contributed by atoms with Crippen molar-refractivity contribution < 1.29 is 16.8 Å². The minimum atomic E-state index is -3.73. The van der Waals surface area contributed by atoms with Crippen molar-refractivity contribution in [3.05, 3.63) is 29.3 Å². The summed E-state index contributed by atoms with van der Waals surface area (Å²) in [6.07, 6.45) is 3.85. The Bertz CT molecular complexity index is 829. The maximum absolute atomic E-state index is 12.8. The SMILES string of the molecule is O=S(=O)(c1ccccc1Cl)N1CCN(S(=O)(=O)N2CCCCCC2)CC1. The number of rotatable bonds is 4. The first-order valence-corrected chi connectivity index (χ1v) is 12.0. The summed E-state index contributed by atoms with van der Waals surface area (Å²) >= 11 is 6.03. The molecular formula is C16H24ClN3O4S2. The van der Waals surface area contributed by atoms with Crippen LogP contribution in [0.2, 0.25) is 5.02 Å². The number of piperazine rings is 1. The number of hydrogen-bond acceptors (Lipinski definition) is 4. The highest BCUT2D eigenvalue weighted by atomic mass is 35.5. The van der Waals surface area contributed by atoms with E-state index in [9.17, 15) is 16.8 Å². The zero-order valence-corrected chi connectivity index (χ0v) is 16.9. The minimum Gasteiger partial charge on any atom is -0.207 e. The minimum absolute atomic E-state index is 0.0606. The third kappa shape index (κ3) is 4.07. The van der Waals surface area contributed by atoms with Crippen LogP contribution >= 0.6 is 11.6 Å². The lowest BCUT2D eigenvalue weighted by atomic mass is 10.2. The van der Waals surface area contributed by atoms with Gasteiger partial charge in [0, 0.05) is 39.3 Å². The highest BCUT2D eigenvalue weighted by Crippen LogP contribution is 2.26. The molecule has 0 spiro atoms. The second kappa shape index (κ2) is 8.12. The molecule has 26 heavy (non-hydrogen) atoms. The predicted molar refractivity (Wildman–Crippen MR) is 101 cm³/mol. The molecule has 0 aliphatic carbocycles. The molecule has 0 amide bonds. The quantitative estimate of drug-likeness (QED) is 0.742. The van der Waals surface area contributed by atoms with Gasteiger partial charge in [0.15, 0.2) is 0 Å². The highest BCUT2D eigenvalue weighted by molar-refractivity contribution is 7.89. The van der Waals surface area contributed by atoms with E-state index in [4.69, 9.17) is 11.6 Å². The highest BCUT2D eigenvalue weighted by Gasteiger charge is 2.36. The first-order chi connectivity index (χ1) is 12.3. The molecule has 2 heterocycles. The van der Waals surface area contributed by atoms with Gasteiger partial charge in [0.05, 0.1) is 5.02 Å². The van der Waals surface area contributed by atoms with Crippen molar-refractivity contribution >= 4 is 31.8 Å². The monoisotopic (exact) mass is 421 g/mol. The van der Waals surface area contributed by atoms with E-state index in [1.807, 2.05) is 0 Å². The average Bonchev–Trinajstić information content (AvgIpc) is 2.92. The lowest BCUT2D eigenvalue weighted by molar-refractivity contribution is 0.254. The molecule has 0 bridgehead atoms. The van der Waals surface area contributed by atoms with Crippen LogP contribution in [0.4, 0.5) is 0 Å². The van der Waals surface area contributed by atoms with Crippen molar-refractivity contribution in [1.29, 1.82) is 0 Å². The Morgan fingerprint density at radius 1 is 0.692 bits per heavy atom. The summed E-state index contributed by atoms with van der Waals surface area (Å²) in [5, 5.41) is 0.173. The molecular weight excluding hydrogens is 398 g/mol. The maximum atomic E-state index is 12.8. The van der Waals surface area contributed by atoms with Gasteiger partial charge in [-0.15, -0.1) is 0 Å². The van der Waals surface area contributed by atoms with Crippen LogP contribution < -0.4 is 0 Å². The van der Waals surface area contributed by atoms with Gasteiger partial charge in [-0.2, -0.15) is 21.3 Å². The Kier molecular flexibility index (Phi) is 6.25. The van der Waals surface area contributed by atoms with Crippen LogP contribution in [-0.4, -0.2) is 69.0 Å². The van der Waals surface area contributed by atoms with Gasteiger partial charge in [-0.25, -0.2) is 8.42 Å². The summed E-state index contributed by atoms with van der Waals surface area (Å²) in [6, 6.07) is 6.30. The molecule has 146 valence electrons. The summed E-state index contributed by atoms with van der Waals surface area (Å²) in [7, 11) is -7.26. The number of hydrogen-bond donors (Lipinski definition) is 0. The van der Waals surface area contributed by atoms with Crippen molar-refractivity contribution in [1.82, 2.24) is 12.9 Å². The van der Waals surface area contributed by atoms with Gasteiger partial charge in [0.1, 0.15) is 4.90 Å².